The Morgan fingerprint density at radius 3 is 2.45 bits per heavy atom. The predicted molar refractivity (Wildman–Crippen MR) is 125 cm³/mol. The molecule has 0 aliphatic heterocycles. The first kappa shape index (κ1) is 26.1. The van der Waals surface area contributed by atoms with Gasteiger partial charge in [0, 0.05) is 38.2 Å². The summed E-state index contributed by atoms with van der Waals surface area (Å²) >= 11 is 0. The van der Waals surface area contributed by atoms with Crippen LogP contribution in [0.25, 0.3) is 0 Å². The van der Waals surface area contributed by atoms with Gasteiger partial charge in [0.1, 0.15) is 17.6 Å². The molecule has 0 saturated heterocycles. The van der Waals surface area contributed by atoms with Crippen LogP contribution >= 0.6 is 0 Å². The Labute approximate surface area is 194 Å². The minimum absolute atomic E-state index is 0.0220. The van der Waals surface area contributed by atoms with E-state index < -0.39 is 21.9 Å². The number of nitrogens with one attached hydrogen (secondary N) is 1. The number of hydrogen-bond donors (Lipinski definition) is 1. The third-order valence-corrected chi connectivity index (χ3v) is 6.40. The summed E-state index contributed by atoms with van der Waals surface area (Å²) in [6, 6.07) is 11.8. The Kier molecular flexibility index (Phi) is 9.22. The molecule has 0 aromatic heterocycles. The molecule has 0 bridgehead atoms. The second-order valence-corrected chi connectivity index (χ2v) is 9.45. The van der Waals surface area contributed by atoms with Crippen molar-refractivity contribution in [3.8, 4) is 5.75 Å². The fourth-order valence-electron chi connectivity index (χ4n) is 3.37. The number of hydrogen-bond acceptors (Lipinski definition) is 5. The van der Waals surface area contributed by atoms with Crippen molar-refractivity contribution in [1.82, 2.24) is 10.2 Å². The van der Waals surface area contributed by atoms with Gasteiger partial charge in [-0.05, 0) is 31.5 Å². The number of benzene rings is 2. The number of amides is 2. The Bertz CT molecular complexity index is 1080. The summed E-state index contributed by atoms with van der Waals surface area (Å²) in [5, 5.41) is 2.50. The maximum Gasteiger partial charge on any atom is 0.242 e. The minimum atomic E-state index is -3.61. The molecule has 2 amide bonds. The van der Waals surface area contributed by atoms with E-state index in [-0.39, 0.29) is 43.3 Å². The van der Waals surface area contributed by atoms with Crippen LogP contribution in [-0.4, -0.2) is 58.1 Å². The van der Waals surface area contributed by atoms with Crippen LogP contribution < -0.4 is 14.4 Å². The topological polar surface area (TPSA) is 96.0 Å². The highest BCUT2D eigenvalue weighted by molar-refractivity contribution is 7.92. The van der Waals surface area contributed by atoms with Crippen molar-refractivity contribution in [3.05, 3.63) is 59.9 Å². The number of rotatable bonds is 11. The van der Waals surface area contributed by atoms with E-state index in [0.29, 0.717) is 11.4 Å². The zero-order valence-corrected chi connectivity index (χ0v) is 20.1. The van der Waals surface area contributed by atoms with Crippen LogP contribution in [0, 0.1) is 5.82 Å². The summed E-state index contributed by atoms with van der Waals surface area (Å²) in [4.78, 5) is 26.5. The fraction of sp³-hybridized carbons (Fsp3) is 0.391. The van der Waals surface area contributed by atoms with Gasteiger partial charge in [-0.15, -0.1) is 0 Å². The largest absolute Gasteiger partial charge is 0.497 e. The van der Waals surface area contributed by atoms with Crippen molar-refractivity contribution in [2.45, 2.75) is 32.4 Å². The average Bonchev–Trinajstić information content (AvgIpc) is 2.79. The molecule has 33 heavy (non-hydrogen) atoms. The maximum atomic E-state index is 14.2. The summed E-state index contributed by atoms with van der Waals surface area (Å²) in [6.45, 7) is 1.54. The van der Waals surface area contributed by atoms with Crippen LogP contribution in [0.5, 0.6) is 5.75 Å². The van der Waals surface area contributed by atoms with Crippen LogP contribution in [-0.2, 0) is 26.2 Å². The third kappa shape index (κ3) is 7.18. The summed E-state index contributed by atoms with van der Waals surface area (Å²) < 4.78 is 45.2. The summed E-state index contributed by atoms with van der Waals surface area (Å²) in [6.07, 6.45) is 1.27. The summed E-state index contributed by atoms with van der Waals surface area (Å²) in [5.41, 5.74) is 0.710. The van der Waals surface area contributed by atoms with E-state index in [4.69, 9.17) is 4.74 Å². The molecule has 10 heteroatoms. The third-order valence-electron chi connectivity index (χ3n) is 5.21. The van der Waals surface area contributed by atoms with Crippen LogP contribution in [0.1, 0.15) is 25.3 Å². The highest BCUT2D eigenvalue weighted by Gasteiger charge is 2.26. The number of carbonyl (C=O) groups excluding carboxylic acids is 2. The average molecular weight is 480 g/mol. The molecule has 0 spiro atoms. The molecule has 0 aliphatic carbocycles. The normalized spacial score (nSPS) is 12.0. The number of carbonyl (C=O) groups is 2. The smallest absolute Gasteiger partial charge is 0.242 e. The minimum Gasteiger partial charge on any atom is -0.497 e. The molecule has 2 aromatic carbocycles. The van der Waals surface area contributed by atoms with Gasteiger partial charge in [-0.2, -0.15) is 0 Å². The second kappa shape index (κ2) is 11.6. The number of ether oxygens (including phenoxy) is 1. The first-order chi connectivity index (χ1) is 15.6. The predicted octanol–water partition coefficient (Wildman–Crippen LogP) is 2.54. The molecule has 0 saturated carbocycles. The molecule has 0 radical (unpaired) electrons. The van der Waals surface area contributed by atoms with Crippen molar-refractivity contribution in [1.29, 1.82) is 0 Å². The van der Waals surface area contributed by atoms with Crippen LogP contribution in [0.2, 0.25) is 0 Å². The quantitative estimate of drug-likeness (QED) is 0.534. The zero-order valence-electron chi connectivity index (χ0n) is 19.2. The lowest BCUT2D eigenvalue weighted by atomic mass is 10.1. The number of methoxy groups -OCH3 is 1. The molecule has 0 heterocycles. The molecule has 0 unspecified atom stereocenters. The molecule has 2 rings (SSSR count). The van der Waals surface area contributed by atoms with E-state index in [1.54, 1.807) is 49.4 Å². The van der Waals surface area contributed by atoms with Gasteiger partial charge in [0.2, 0.25) is 21.8 Å². The number of halogens is 1. The Morgan fingerprint density at radius 2 is 1.85 bits per heavy atom. The monoisotopic (exact) mass is 479 g/mol. The van der Waals surface area contributed by atoms with Crippen LogP contribution in [0.4, 0.5) is 10.1 Å². The van der Waals surface area contributed by atoms with Crippen molar-refractivity contribution >= 4 is 27.5 Å². The van der Waals surface area contributed by atoms with Crippen molar-refractivity contribution in [3.63, 3.8) is 0 Å². The molecular weight excluding hydrogens is 449 g/mol. The first-order valence-corrected chi connectivity index (χ1v) is 12.3. The van der Waals surface area contributed by atoms with Crippen molar-refractivity contribution < 1.29 is 27.1 Å². The van der Waals surface area contributed by atoms with Gasteiger partial charge in [-0.3, -0.25) is 13.9 Å². The van der Waals surface area contributed by atoms with Crippen LogP contribution in [0.15, 0.2) is 48.5 Å². The van der Waals surface area contributed by atoms with Gasteiger partial charge in [0.05, 0.1) is 19.1 Å². The van der Waals surface area contributed by atoms with E-state index >= 15 is 0 Å². The standard InChI is InChI=1S/C23H30FN3O5S/c1-17(23(29)25-2)26(16-18-9-5-6-12-21(18)24)22(28)13-8-14-27(33(4,30)31)19-10-7-11-20(15-19)32-3/h5-7,9-12,15,17H,8,13-14,16H2,1-4H3,(H,25,29)/t17-/m1/s1. The maximum absolute atomic E-state index is 14.2. The van der Waals surface area contributed by atoms with E-state index in [1.165, 1.54) is 29.4 Å². The fourth-order valence-corrected chi connectivity index (χ4v) is 4.33. The lowest BCUT2D eigenvalue weighted by molar-refractivity contribution is -0.140. The molecule has 0 fully saturated rings. The van der Waals surface area contributed by atoms with Gasteiger partial charge in [-0.25, -0.2) is 12.8 Å². The van der Waals surface area contributed by atoms with Gasteiger partial charge < -0.3 is 15.0 Å². The molecule has 180 valence electrons. The Morgan fingerprint density at radius 1 is 1.15 bits per heavy atom. The molecule has 0 aliphatic rings. The zero-order chi connectivity index (χ0) is 24.6. The molecule has 1 N–H and O–H groups in total. The van der Waals surface area contributed by atoms with Crippen molar-refractivity contribution in [2.24, 2.45) is 0 Å². The van der Waals surface area contributed by atoms with E-state index in [1.807, 2.05) is 0 Å². The summed E-state index contributed by atoms with van der Waals surface area (Å²) in [5.74, 6) is -0.726. The lowest BCUT2D eigenvalue weighted by Gasteiger charge is -2.29. The highest BCUT2D eigenvalue weighted by atomic mass is 32.2. The van der Waals surface area contributed by atoms with Gasteiger partial charge in [0.15, 0.2) is 0 Å². The molecule has 8 nitrogen and oxygen atoms in total. The number of nitrogens with zero attached hydrogens (tertiary/aromatic N) is 2. The van der Waals surface area contributed by atoms with E-state index in [0.717, 1.165) is 6.26 Å². The number of anilines is 1. The van der Waals surface area contributed by atoms with Crippen molar-refractivity contribution in [2.75, 3.05) is 31.3 Å². The Balaban J connectivity index is 2.17. The highest BCUT2D eigenvalue weighted by Crippen LogP contribution is 2.24. The molecule has 2 aromatic rings. The van der Waals surface area contributed by atoms with Gasteiger partial charge >= 0.3 is 0 Å². The molecule has 1 atom stereocenters. The molecular formula is C23H30FN3O5S. The van der Waals surface area contributed by atoms with Crippen LogP contribution in [0.3, 0.4) is 0 Å². The van der Waals surface area contributed by atoms with Gasteiger partial charge in [-0.1, -0.05) is 24.3 Å². The second-order valence-electron chi connectivity index (χ2n) is 7.54. The SMILES string of the molecule is CNC(=O)[C@@H](C)N(Cc1ccccc1F)C(=O)CCCN(c1cccc(OC)c1)S(C)(=O)=O. The first-order valence-electron chi connectivity index (χ1n) is 10.4. The van der Waals surface area contributed by atoms with E-state index in [2.05, 4.69) is 5.32 Å². The lowest BCUT2D eigenvalue weighted by Crippen LogP contribution is -2.47. The summed E-state index contributed by atoms with van der Waals surface area (Å²) in [7, 11) is -0.662. The number of likely N-dealkylation sites (N-methyl/N-ethyl adjacent to an activating group) is 1. The Hall–Kier alpha value is -3.14. The van der Waals surface area contributed by atoms with E-state index in [9.17, 15) is 22.4 Å². The number of sulfonamides is 1. The van der Waals surface area contributed by atoms with Gasteiger partial charge in [0.25, 0.3) is 0 Å².